The average molecular weight is 433 g/mol. The largest absolute Gasteiger partial charge is 0.497 e. The molecule has 7 nitrogen and oxygen atoms in total. The highest BCUT2D eigenvalue weighted by molar-refractivity contribution is 6.03. The summed E-state index contributed by atoms with van der Waals surface area (Å²) in [5.74, 6) is -0.940. The summed E-state index contributed by atoms with van der Waals surface area (Å²) >= 11 is 0. The fourth-order valence-corrected chi connectivity index (χ4v) is 4.07. The van der Waals surface area contributed by atoms with Gasteiger partial charge < -0.3 is 9.15 Å². The third-order valence-corrected chi connectivity index (χ3v) is 5.77. The molecule has 0 saturated carbocycles. The molecule has 1 fully saturated rings. The van der Waals surface area contributed by atoms with E-state index in [0.29, 0.717) is 35.0 Å². The van der Waals surface area contributed by atoms with E-state index in [1.54, 1.807) is 36.3 Å². The first-order valence-electron chi connectivity index (χ1n) is 10.2. The molecule has 1 unspecified atom stereocenters. The number of nitrogens with one attached hydrogen (secondary N) is 1. The SMILES string of the molecule is COc1ccc(Cn2cc(-c3ccc4c(C5CCC(=O)NC5=O)coc4c3F)cn2)cc1. The molecular weight excluding hydrogens is 413 g/mol. The number of piperidine rings is 1. The van der Waals surface area contributed by atoms with Gasteiger partial charge in [0.15, 0.2) is 11.4 Å². The van der Waals surface area contributed by atoms with Crippen molar-refractivity contribution in [2.24, 2.45) is 0 Å². The van der Waals surface area contributed by atoms with Crippen molar-refractivity contribution in [1.29, 1.82) is 0 Å². The molecule has 0 radical (unpaired) electrons. The number of aromatic nitrogens is 2. The summed E-state index contributed by atoms with van der Waals surface area (Å²) in [6, 6.07) is 11.1. The second kappa shape index (κ2) is 7.96. The number of carbonyl (C=O) groups is 2. The molecule has 0 spiro atoms. The van der Waals surface area contributed by atoms with E-state index in [9.17, 15) is 9.59 Å². The average Bonchev–Trinajstić information content (AvgIpc) is 3.42. The second-order valence-electron chi connectivity index (χ2n) is 7.77. The van der Waals surface area contributed by atoms with Crippen molar-refractivity contribution in [2.75, 3.05) is 7.11 Å². The van der Waals surface area contributed by atoms with E-state index in [0.717, 1.165) is 11.3 Å². The number of ether oxygens (including phenoxy) is 1. The van der Waals surface area contributed by atoms with Crippen molar-refractivity contribution in [3.8, 4) is 16.9 Å². The summed E-state index contributed by atoms with van der Waals surface area (Å²) in [7, 11) is 1.62. The highest BCUT2D eigenvalue weighted by Gasteiger charge is 2.31. The van der Waals surface area contributed by atoms with Crippen molar-refractivity contribution in [2.45, 2.75) is 25.3 Å². The number of nitrogens with zero attached hydrogens (tertiary/aromatic N) is 2. The molecule has 4 aromatic rings. The van der Waals surface area contributed by atoms with Crippen LogP contribution in [0.15, 0.2) is 59.5 Å². The topological polar surface area (TPSA) is 86.4 Å². The van der Waals surface area contributed by atoms with Crippen molar-refractivity contribution in [3.63, 3.8) is 0 Å². The van der Waals surface area contributed by atoms with Crippen molar-refractivity contribution in [1.82, 2.24) is 15.1 Å². The minimum atomic E-state index is -0.536. The predicted molar refractivity (Wildman–Crippen MR) is 115 cm³/mol. The fourth-order valence-electron chi connectivity index (χ4n) is 4.07. The number of methoxy groups -OCH3 is 1. The van der Waals surface area contributed by atoms with Crippen LogP contribution in [0.2, 0.25) is 0 Å². The van der Waals surface area contributed by atoms with Crippen molar-refractivity contribution >= 4 is 22.8 Å². The maximum atomic E-state index is 15.3. The summed E-state index contributed by atoms with van der Waals surface area (Å²) in [5, 5.41) is 7.22. The minimum Gasteiger partial charge on any atom is -0.497 e. The highest BCUT2D eigenvalue weighted by atomic mass is 19.1. The number of halogens is 1. The maximum absolute atomic E-state index is 15.3. The third kappa shape index (κ3) is 3.53. The Bertz CT molecular complexity index is 1320. The molecule has 2 aromatic carbocycles. The van der Waals surface area contributed by atoms with Gasteiger partial charge in [0.25, 0.3) is 0 Å². The van der Waals surface area contributed by atoms with Gasteiger partial charge in [0.1, 0.15) is 5.75 Å². The van der Waals surface area contributed by atoms with Crippen LogP contribution >= 0.6 is 0 Å². The number of carbonyl (C=O) groups excluding carboxylic acids is 2. The van der Waals surface area contributed by atoms with E-state index in [4.69, 9.17) is 9.15 Å². The Hall–Kier alpha value is -3.94. The fraction of sp³-hybridized carbons (Fsp3) is 0.208. The van der Waals surface area contributed by atoms with Crippen LogP contribution in [0.1, 0.15) is 29.9 Å². The first-order valence-corrected chi connectivity index (χ1v) is 10.2. The number of furan rings is 1. The predicted octanol–water partition coefficient (Wildman–Crippen LogP) is 4.01. The lowest BCUT2D eigenvalue weighted by atomic mass is 9.90. The minimum absolute atomic E-state index is 0.0881. The van der Waals surface area contributed by atoms with E-state index in [-0.39, 0.29) is 23.8 Å². The number of rotatable bonds is 5. The molecule has 2 aromatic heterocycles. The van der Waals surface area contributed by atoms with Crippen LogP contribution in [0.3, 0.4) is 0 Å². The molecule has 0 aliphatic carbocycles. The van der Waals surface area contributed by atoms with Crippen LogP contribution in [0.4, 0.5) is 4.39 Å². The molecule has 0 bridgehead atoms. The standard InChI is InChI=1S/C24H20FN3O4/c1-31-16-4-2-14(3-5-16)11-28-12-15(10-26-28)17-6-7-18-20(13-32-23(18)22(17)25)19-8-9-21(29)27-24(19)30/h2-7,10,12-13,19H,8-9,11H2,1H3,(H,27,29,30). The lowest BCUT2D eigenvalue weighted by molar-refractivity contribution is -0.134. The summed E-state index contributed by atoms with van der Waals surface area (Å²) in [6.45, 7) is 0.536. The molecule has 1 N–H and O–H groups in total. The van der Waals surface area contributed by atoms with Gasteiger partial charge in [0.05, 0.1) is 32.0 Å². The molecular formula is C24H20FN3O4. The number of benzene rings is 2. The number of amides is 2. The first kappa shape index (κ1) is 20.0. The molecule has 1 atom stereocenters. The Labute approximate surface area is 182 Å². The van der Waals surface area contributed by atoms with Crippen LogP contribution in [-0.4, -0.2) is 28.7 Å². The highest BCUT2D eigenvalue weighted by Crippen LogP contribution is 2.36. The molecule has 1 aliphatic heterocycles. The summed E-state index contributed by atoms with van der Waals surface area (Å²) < 4.78 is 27.7. The number of hydrogen-bond donors (Lipinski definition) is 1. The van der Waals surface area contributed by atoms with Gasteiger partial charge in [-0.25, -0.2) is 4.39 Å². The van der Waals surface area contributed by atoms with Gasteiger partial charge in [-0.2, -0.15) is 5.10 Å². The first-order chi connectivity index (χ1) is 15.5. The van der Waals surface area contributed by atoms with Crippen LogP contribution in [-0.2, 0) is 16.1 Å². The van der Waals surface area contributed by atoms with Gasteiger partial charge in [-0.05, 0) is 30.2 Å². The zero-order chi connectivity index (χ0) is 22.2. The normalized spacial score (nSPS) is 16.4. The smallest absolute Gasteiger partial charge is 0.234 e. The third-order valence-electron chi connectivity index (χ3n) is 5.77. The lowest BCUT2D eigenvalue weighted by Gasteiger charge is -2.19. The Balaban J connectivity index is 1.42. The monoisotopic (exact) mass is 433 g/mol. The maximum Gasteiger partial charge on any atom is 0.234 e. The molecule has 1 aliphatic rings. The van der Waals surface area contributed by atoms with Crippen LogP contribution in [0.5, 0.6) is 5.75 Å². The lowest BCUT2D eigenvalue weighted by Crippen LogP contribution is -2.39. The number of hydrogen-bond acceptors (Lipinski definition) is 5. The molecule has 3 heterocycles. The van der Waals surface area contributed by atoms with Crippen molar-refractivity contribution in [3.05, 3.63) is 72.0 Å². The molecule has 32 heavy (non-hydrogen) atoms. The van der Waals surface area contributed by atoms with Gasteiger partial charge in [0.2, 0.25) is 11.8 Å². The molecule has 162 valence electrons. The summed E-state index contributed by atoms with van der Waals surface area (Å²) in [5.41, 5.74) is 2.70. The Morgan fingerprint density at radius 1 is 1.22 bits per heavy atom. The molecule has 1 saturated heterocycles. The van der Waals surface area contributed by atoms with Crippen LogP contribution < -0.4 is 10.1 Å². The van der Waals surface area contributed by atoms with E-state index in [2.05, 4.69) is 10.4 Å². The molecule has 2 amide bonds. The number of imide groups is 1. The van der Waals surface area contributed by atoms with Crippen LogP contribution in [0, 0.1) is 5.82 Å². The van der Waals surface area contributed by atoms with Gasteiger partial charge in [0, 0.05) is 34.7 Å². The molecule has 5 rings (SSSR count). The van der Waals surface area contributed by atoms with Crippen LogP contribution in [0.25, 0.3) is 22.1 Å². The van der Waals surface area contributed by atoms with Crippen molar-refractivity contribution < 1.29 is 23.1 Å². The Morgan fingerprint density at radius 2 is 2.03 bits per heavy atom. The van der Waals surface area contributed by atoms with Gasteiger partial charge in [-0.3, -0.25) is 19.6 Å². The summed E-state index contributed by atoms with van der Waals surface area (Å²) in [6.07, 6.45) is 5.42. The van der Waals surface area contributed by atoms with E-state index in [1.165, 1.54) is 6.26 Å². The van der Waals surface area contributed by atoms with E-state index in [1.807, 2.05) is 24.3 Å². The Kier molecular flexibility index (Phi) is 4.97. The van der Waals surface area contributed by atoms with E-state index < -0.39 is 11.7 Å². The molecule has 8 heteroatoms. The van der Waals surface area contributed by atoms with E-state index >= 15 is 4.39 Å². The zero-order valence-electron chi connectivity index (χ0n) is 17.3. The second-order valence-corrected chi connectivity index (χ2v) is 7.77. The Morgan fingerprint density at radius 3 is 2.78 bits per heavy atom. The summed E-state index contributed by atoms with van der Waals surface area (Å²) in [4.78, 5) is 23.6. The number of fused-ring (bicyclic) bond motifs is 1. The van der Waals surface area contributed by atoms with Gasteiger partial charge in [-0.15, -0.1) is 0 Å². The quantitative estimate of drug-likeness (QED) is 0.481. The van der Waals surface area contributed by atoms with Gasteiger partial charge >= 0.3 is 0 Å². The van der Waals surface area contributed by atoms with Gasteiger partial charge in [-0.1, -0.05) is 18.2 Å². The zero-order valence-corrected chi connectivity index (χ0v) is 17.3.